The zero-order chi connectivity index (χ0) is 60.3. The number of hydrogen-bond donors (Lipinski definition) is 3. The van der Waals surface area contributed by atoms with E-state index in [0.29, 0.717) is 81.9 Å². The van der Waals surface area contributed by atoms with Gasteiger partial charge in [0, 0.05) is 101 Å². The van der Waals surface area contributed by atoms with Crippen molar-refractivity contribution in [2.24, 2.45) is 14.1 Å². The van der Waals surface area contributed by atoms with Crippen molar-refractivity contribution in [1.29, 1.82) is 0 Å². The molecule has 0 spiro atoms. The highest BCUT2D eigenvalue weighted by atomic mass is 28.3. The van der Waals surface area contributed by atoms with Gasteiger partial charge in [0.25, 0.3) is 11.1 Å². The van der Waals surface area contributed by atoms with Gasteiger partial charge in [0.2, 0.25) is 0 Å². The molecular weight excluding hydrogens is 1100 g/mol. The van der Waals surface area contributed by atoms with E-state index in [1.807, 2.05) is 24.4 Å². The average molecular weight is 1170 g/mol. The maximum Gasteiger partial charge on any atom is 0.387 e. The number of alkyl halides is 4. The normalized spacial score (nSPS) is 12.2. The van der Waals surface area contributed by atoms with Crippen molar-refractivity contribution in [2.45, 2.75) is 110 Å². The molecule has 0 aliphatic heterocycles. The molecule has 0 saturated carbocycles. The quantitative estimate of drug-likeness (QED) is 0.0347. The van der Waals surface area contributed by atoms with Crippen LogP contribution in [0, 0.1) is 0 Å². The fourth-order valence-electron chi connectivity index (χ4n) is 9.50. The zero-order valence-corrected chi connectivity index (χ0v) is 49.0. The van der Waals surface area contributed by atoms with Gasteiger partial charge in [0.05, 0.1) is 47.3 Å². The molecule has 0 bridgehead atoms. The molecule has 0 amide bonds. The van der Waals surface area contributed by atoms with Crippen molar-refractivity contribution in [3.8, 4) is 33.8 Å². The van der Waals surface area contributed by atoms with Crippen LogP contribution in [-0.4, -0.2) is 96.8 Å². The van der Waals surface area contributed by atoms with Crippen LogP contribution >= 0.6 is 0 Å². The number of nitrogens with zero attached hydrogens (tertiary/aromatic N) is 11. The van der Waals surface area contributed by atoms with Gasteiger partial charge < -0.3 is 24.4 Å². The smallest absolute Gasteiger partial charge is 0.387 e. The van der Waals surface area contributed by atoms with E-state index < -0.39 is 32.5 Å². The van der Waals surface area contributed by atoms with Gasteiger partial charge in [-0.2, -0.15) is 27.8 Å². The lowest BCUT2D eigenvalue weighted by Crippen LogP contribution is -2.22. The number of nitrogens with one attached hydrogen (secondary N) is 1. The Hall–Kier alpha value is -8.58. The van der Waals surface area contributed by atoms with Crippen LogP contribution in [0.25, 0.3) is 44.1 Å². The Morgan fingerprint density at radius 3 is 1.48 bits per heavy atom. The van der Waals surface area contributed by atoms with Gasteiger partial charge in [0.15, 0.2) is 11.6 Å². The first-order valence-corrected chi connectivity index (χ1v) is 30.7. The summed E-state index contributed by atoms with van der Waals surface area (Å²) in [5, 5.41) is 32.4. The van der Waals surface area contributed by atoms with Gasteiger partial charge in [-0.15, -0.1) is 0 Å². The Balaban J connectivity index is 0.000000205. The SMILES string of the molecule is Cn1c(=O)c2ccc(-c3cnc(C(C)(C)O)nc3)cc2n1Cc1cc(Cc2cn[nH]c2)ccc1OC(F)F.Cn1c(=O)c2ccc(-c3cnc(C(C)(C)O)nc3)cc2n1Cc1cc(Cc2cnn(COCC[Si](C)(C)C)c2)ccc1OC(F)F. The molecular formula is C60H66F4N12O7Si. The molecule has 0 aliphatic carbocycles. The Morgan fingerprint density at radius 2 is 1.06 bits per heavy atom. The molecule has 0 fully saturated rings. The number of H-pyrrole nitrogens is 1. The molecule has 0 unspecified atom stereocenters. The van der Waals surface area contributed by atoms with Crippen LogP contribution in [0.1, 0.15) is 72.7 Å². The highest BCUT2D eigenvalue weighted by Crippen LogP contribution is 2.31. The molecule has 19 nitrogen and oxygen atoms in total. The molecule has 84 heavy (non-hydrogen) atoms. The number of rotatable bonds is 21. The van der Waals surface area contributed by atoms with Crippen LogP contribution in [0.15, 0.2) is 132 Å². The second-order valence-corrected chi connectivity index (χ2v) is 28.4. The zero-order valence-electron chi connectivity index (χ0n) is 48.0. The Labute approximate surface area is 481 Å². The lowest BCUT2D eigenvalue weighted by atomic mass is 10.0. The Kier molecular flexibility index (Phi) is 17.7. The highest BCUT2D eigenvalue weighted by molar-refractivity contribution is 6.76. The maximum absolute atomic E-state index is 13.4. The Bertz CT molecular complexity index is 4030. The second-order valence-electron chi connectivity index (χ2n) is 22.8. The van der Waals surface area contributed by atoms with E-state index in [4.69, 9.17) is 14.2 Å². The third kappa shape index (κ3) is 14.4. The van der Waals surface area contributed by atoms with E-state index in [2.05, 4.69) is 54.9 Å². The summed E-state index contributed by atoms with van der Waals surface area (Å²) in [4.78, 5) is 43.3. The Morgan fingerprint density at radius 1 is 0.595 bits per heavy atom. The molecule has 3 N–H and O–H groups in total. The maximum atomic E-state index is 13.4. The van der Waals surface area contributed by atoms with Crippen LogP contribution in [0.4, 0.5) is 17.6 Å². The van der Waals surface area contributed by atoms with Gasteiger partial charge in [-0.05, 0) is 116 Å². The lowest BCUT2D eigenvalue weighted by Gasteiger charge is -2.16. The standard InChI is InChI=1S/C33H40F2N6O4Si.C27H26F2N6O3/c1-33(2,43)31-36-17-26(18-37-31)24-8-9-27-28(15-24)41(39(3)30(27)42)20-25-14-22(7-10-29(25)45-32(34)35)13-23-16-38-40(19-23)21-44-11-12-46(4,5)6;1-27(2,37)25-30-13-20(14-31-25)18-5-6-21-22(10-18)35(34(3)24(21)36)15-19-9-16(8-17-11-32-33-12-17)4-7-23(19)38-26(28)29/h7-10,14-19,32,43H,11-13,20-21H2,1-6H3;4-7,9-14,26,37H,8,15H2,1-3H3,(H,32,33). The molecule has 24 heteroatoms. The molecule has 440 valence electrons. The van der Waals surface area contributed by atoms with E-state index in [-0.39, 0.29) is 35.7 Å². The van der Waals surface area contributed by atoms with Crippen LogP contribution < -0.4 is 20.6 Å². The van der Waals surface area contributed by atoms with E-state index in [9.17, 15) is 37.4 Å². The predicted octanol–water partition coefficient (Wildman–Crippen LogP) is 9.76. The van der Waals surface area contributed by atoms with Crippen LogP contribution in [0.5, 0.6) is 11.5 Å². The summed E-state index contributed by atoms with van der Waals surface area (Å²) in [6.45, 7) is 8.62. The summed E-state index contributed by atoms with van der Waals surface area (Å²) < 4.78 is 76.9. The number of halogens is 4. The van der Waals surface area contributed by atoms with Gasteiger partial charge in [-0.1, -0.05) is 43.9 Å². The van der Waals surface area contributed by atoms with Crippen molar-refractivity contribution >= 4 is 29.9 Å². The minimum Gasteiger partial charge on any atom is -0.434 e. The average Bonchev–Trinajstić information content (AvgIpc) is 2.03. The monoisotopic (exact) mass is 1170 g/mol. The minimum atomic E-state index is -3.01. The van der Waals surface area contributed by atoms with Gasteiger partial charge in [-0.25, -0.2) is 24.6 Å². The third-order valence-electron chi connectivity index (χ3n) is 14.0. The first-order valence-electron chi connectivity index (χ1n) is 27.0. The largest absolute Gasteiger partial charge is 0.434 e. The number of hydrogen-bond acceptors (Lipinski definition) is 13. The van der Waals surface area contributed by atoms with Crippen molar-refractivity contribution in [2.75, 3.05) is 6.61 Å². The van der Waals surface area contributed by atoms with Crippen LogP contribution in [0.3, 0.4) is 0 Å². The predicted molar refractivity (Wildman–Crippen MR) is 312 cm³/mol. The molecule has 0 saturated heterocycles. The first-order chi connectivity index (χ1) is 39.8. The topological polar surface area (TPSA) is 220 Å². The van der Waals surface area contributed by atoms with Crippen molar-refractivity contribution in [3.05, 3.63) is 188 Å². The van der Waals surface area contributed by atoms with Crippen molar-refractivity contribution in [3.63, 3.8) is 0 Å². The summed E-state index contributed by atoms with van der Waals surface area (Å²) in [6.07, 6.45) is 14.7. The molecule has 6 aromatic heterocycles. The number of aromatic amines is 1. The van der Waals surface area contributed by atoms with E-state index in [1.54, 1.807) is 142 Å². The number of fused-ring (bicyclic) bond motifs is 2. The van der Waals surface area contributed by atoms with Crippen molar-refractivity contribution in [1.82, 2.24) is 58.6 Å². The molecule has 0 atom stereocenters. The summed E-state index contributed by atoms with van der Waals surface area (Å²) in [5.41, 5.74) is 6.00. The van der Waals surface area contributed by atoms with E-state index >= 15 is 0 Å². The molecule has 10 rings (SSSR count). The molecule has 4 aromatic carbocycles. The summed E-state index contributed by atoms with van der Waals surface area (Å²) in [6, 6.07) is 22.0. The van der Waals surface area contributed by atoms with Crippen LogP contribution in [-0.2, 0) is 62.7 Å². The third-order valence-corrected chi connectivity index (χ3v) is 15.7. The van der Waals surface area contributed by atoms with Crippen LogP contribution in [0.2, 0.25) is 25.7 Å². The van der Waals surface area contributed by atoms with E-state index in [0.717, 1.165) is 39.4 Å². The number of aliphatic hydroxyl groups is 2. The fraction of sp³-hybridized carbons (Fsp3) is 0.333. The highest BCUT2D eigenvalue weighted by Gasteiger charge is 2.23. The van der Waals surface area contributed by atoms with Gasteiger partial charge in [0.1, 0.15) is 29.4 Å². The molecule has 0 radical (unpaired) electrons. The first kappa shape index (κ1) is 60.0. The molecule has 6 heterocycles. The number of ether oxygens (including phenoxy) is 3. The minimum absolute atomic E-state index is 0.0336. The summed E-state index contributed by atoms with van der Waals surface area (Å²) in [7, 11) is 2.09. The number of aromatic nitrogens is 12. The summed E-state index contributed by atoms with van der Waals surface area (Å²) in [5.74, 6) is 0.655. The van der Waals surface area contributed by atoms with Gasteiger partial charge in [-0.3, -0.25) is 33.4 Å². The molecule has 10 aromatic rings. The number of benzene rings is 4. The van der Waals surface area contributed by atoms with Gasteiger partial charge >= 0.3 is 13.2 Å². The second kappa shape index (κ2) is 24.7. The summed E-state index contributed by atoms with van der Waals surface area (Å²) >= 11 is 0. The van der Waals surface area contributed by atoms with E-state index in [1.165, 1.54) is 21.5 Å². The fourth-order valence-corrected chi connectivity index (χ4v) is 10.3. The van der Waals surface area contributed by atoms with Crippen molar-refractivity contribution < 1.29 is 42.0 Å². The molecule has 0 aliphatic rings. The lowest BCUT2D eigenvalue weighted by molar-refractivity contribution is -0.0511.